The van der Waals surface area contributed by atoms with Crippen LogP contribution in [0.2, 0.25) is 0 Å². The van der Waals surface area contributed by atoms with Gasteiger partial charge in [-0.25, -0.2) is 9.59 Å². The number of hydrogen-bond donors (Lipinski definition) is 6. The molecule has 6 N–H and O–H groups in total. The molecule has 3 amide bonds. The molecule has 3 rings (SSSR count). The molecule has 1 heterocycles. The van der Waals surface area contributed by atoms with Crippen LogP contribution in [0.4, 0.5) is 34.1 Å². The van der Waals surface area contributed by atoms with Crippen molar-refractivity contribution in [3.63, 3.8) is 0 Å². The van der Waals surface area contributed by atoms with Crippen LogP contribution in [0.1, 0.15) is 12.8 Å². The molecular formula is C27H32F3N7O5S2. The highest BCUT2D eigenvalue weighted by atomic mass is 32.2. The number of thioether (sulfide) groups is 2. The highest BCUT2D eigenvalue weighted by molar-refractivity contribution is 7.99. The third-order valence-electron chi connectivity index (χ3n) is 5.78. The number of aryl methyl sites for hydroxylation is 2. The molecule has 0 saturated heterocycles. The molecule has 0 unspecified atom stereocenters. The second-order valence-electron chi connectivity index (χ2n) is 9.02. The van der Waals surface area contributed by atoms with Crippen LogP contribution in [0.15, 0.2) is 75.7 Å². The van der Waals surface area contributed by atoms with Gasteiger partial charge in [0.25, 0.3) is 0 Å². The number of nitrogens with zero attached hydrogens (tertiary/aromatic N) is 3. The number of carbonyl (C=O) groups is 3. The van der Waals surface area contributed by atoms with Gasteiger partial charge in [0.15, 0.2) is 0 Å². The van der Waals surface area contributed by atoms with Crippen molar-refractivity contribution in [2.45, 2.75) is 41.9 Å². The SMILES string of the molecule is O=C(O)NCNc1ccc(SCCCn2ccn(CCCSc3ccc(NCNC(=O)O)cc3)c2=NC(=O)C(F)(F)F)cc1. The molecule has 1 aromatic heterocycles. The van der Waals surface area contributed by atoms with Crippen LogP contribution in [0.5, 0.6) is 0 Å². The quantitative estimate of drug-likeness (QED) is 0.0715. The fraction of sp³-hybridized carbons (Fsp3) is 0.333. The molecule has 0 aliphatic heterocycles. The summed E-state index contributed by atoms with van der Waals surface area (Å²) in [6, 6.07) is 14.8. The summed E-state index contributed by atoms with van der Waals surface area (Å²) in [5, 5.41) is 27.5. The topological polar surface area (TPSA) is 162 Å². The van der Waals surface area contributed by atoms with Crippen molar-refractivity contribution in [1.82, 2.24) is 19.8 Å². The van der Waals surface area contributed by atoms with E-state index in [9.17, 15) is 27.6 Å². The summed E-state index contributed by atoms with van der Waals surface area (Å²) < 4.78 is 42.2. The lowest BCUT2D eigenvalue weighted by atomic mass is 10.3. The van der Waals surface area contributed by atoms with Gasteiger partial charge in [0.05, 0.1) is 13.3 Å². The fourth-order valence-corrected chi connectivity index (χ4v) is 5.40. The molecule has 0 fully saturated rings. The molecule has 44 heavy (non-hydrogen) atoms. The van der Waals surface area contributed by atoms with E-state index < -0.39 is 24.3 Å². The normalized spacial score (nSPS) is 11.1. The number of imidazole rings is 1. The summed E-state index contributed by atoms with van der Waals surface area (Å²) in [7, 11) is 0. The Morgan fingerprint density at radius 1 is 0.727 bits per heavy atom. The summed E-state index contributed by atoms with van der Waals surface area (Å²) >= 11 is 3.12. The van der Waals surface area contributed by atoms with Crippen molar-refractivity contribution in [3.8, 4) is 0 Å². The molecule has 0 aliphatic rings. The minimum atomic E-state index is -5.08. The first-order chi connectivity index (χ1) is 21.0. The predicted octanol–water partition coefficient (Wildman–Crippen LogP) is 4.92. The number of anilines is 2. The maximum atomic E-state index is 13.0. The Morgan fingerprint density at radius 2 is 1.14 bits per heavy atom. The summed E-state index contributed by atoms with van der Waals surface area (Å²) in [5.41, 5.74) is 1.44. The number of hydrogen-bond acceptors (Lipinski definition) is 7. The number of alkyl halides is 3. The standard InChI is InChI=1S/C27H32F3N7O5S2/c28-27(29,30)23(38)35-24-36(11-1-15-43-21-7-3-19(4-8-21)31-17-33-25(39)40)13-14-37(24)12-2-16-44-22-9-5-20(6-10-22)32-18-34-26(41)42/h3-10,13-14,31-34H,1-2,11-12,15-18H2,(H,39,40)(H,41,42). The van der Waals surface area contributed by atoms with Crippen molar-refractivity contribution < 1.29 is 37.8 Å². The smallest absolute Gasteiger partial charge is 0.465 e. The molecular weight excluding hydrogens is 623 g/mol. The minimum Gasteiger partial charge on any atom is -0.465 e. The molecule has 0 bridgehead atoms. The third kappa shape index (κ3) is 12.2. The number of aromatic nitrogens is 2. The van der Waals surface area contributed by atoms with Crippen molar-refractivity contribution in [3.05, 3.63) is 66.5 Å². The highest BCUT2D eigenvalue weighted by Gasteiger charge is 2.38. The second-order valence-corrected chi connectivity index (χ2v) is 11.4. The molecule has 0 saturated carbocycles. The number of carbonyl (C=O) groups excluding carboxylic acids is 1. The summed E-state index contributed by atoms with van der Waals surface area (Å²) in [6.07, 6.45) is -2.87. The minimum absolute atomic E-state index is 0.0573. The molecule has 238 valence electrons. The van der Waals surface area contributed by atoms with E-state index in [-0.39, 0.29) is 19.0 Å². The van der Waals surface area contributed by atoms with Crippen LogP contribution < -0.4 is 26.9 Å². The van der Waals surface area contributed by atoms with Gasteiger partial charge in [-0.1, -0.05) is 0 Å². The zero-order valence-corrected chi connectivity index (χ0v) is 25.0. The molecule has 2 aromatic carbocycles. The first kappa shape index (κ1) is 34.2. The zero-order chi connectivity index (χ0) is 32.0. The number of benzene rings is 2. The molecule has 12 nitrogen and oxygen atoms in total. The first-order valence-corrected chi connectivity index (χ1v) is 15.3. The van der Waals surface area contributed by atoms with Crippen LogP contribution in [0, 0.1) is 0 Å². The maximum absolute atomic E-state index is 13.0. The van der Waals surface area contributed by atoms with E-state index in [0.717, 1.165) is 21.2 Å². The predicted molar refractivity (Wildman–Crippen MR) is 162 cm³/mol. The Hall–Kier alpha value is -4.25. The van der Waals surface area contributed by atoms with E-state index in [1.54, 1.807) is 45.1 Å². The average Bonchev–Trinajstić information content (AvgIpc) is 3.35. The Labute approximate surface area is 259 Å². The van der Waals surface area contributed by atoms with E-state index in [2.05, 4.69) is 26.3 Å². The van der Waals surface area contributed by atoms with Gasteiger partial charge in [-0.2, -0.15) is 18.2 Å². The van der Waals surface area contributed by atoms with Crippen LogP contribution in [-0.2, 0) is 17.9 Å². The first-order valence-electron chi connectivity index (χ1n) is 13.3. The van der Waals surface area contributed by atoms with E-state index in [0.29, 0.717) is 37.4 Å². The number of amides is 3. The van der Waals surface area contributed by atoms with E-state index >= 15 is 0 Å². The largest absolute Gasteiger partial charge is 0.473 e. The summed E-state index contributed by atoms with van der Waals surface area (Å²) in [6.45, 7) is 0.873. The van der Waals surface area contributed by atoms with Gasteiger partial charge in [-0.3, -0.25) is 4.79 Å². The van der Waals surface area contributed by atoms with Gasteiger partial charge >= 0.3 is 24.3 Å². The lowest BCUT2D eigenvalue weighted by molar-refractivity contribution is -0.169. The van der Waals surface area contributed by atoms with Gasteiger partial charge in [0.1, 0.15) is 0 Å². The zero-order valence-electron chi connectivity index (χ0n) is 23.3. The van der Waals surface area contributed by atoms with E-state index in [4.69, 9.17) is 10.2 Å². The highest BCUT2D eigenvalue weighted by Crippen LogP contribution is 2.22. The van der Waals surface area contributed by atoms with E-state index in [1.807, 2.05) is 48.5 Å². The Balaban J connectivity index is 1.52. The number of rotatable bonds is 16. The molecule has 0 spiro atoms. The van der Waals surface area contributed by atoms with Crippen molar-refractivity contribution in [2.75, 3.05) is 35.5 Å². The average molecular weight is 656 g/mol. The Morgan fingerprint density at radius 3 is 1.50 bits per heavy atom. The van der Waals surface area contributed by atoms with Crippen LogP contribution in [0.3, 0.4) is 0 Å². The molecule has 3 aromatic rings. The van der Waals surface area contributed by atoms with Crippen molar-refractivity contribution in [1.29, 1.82) is 0 Å². The van der Waals surface area contributed by atoms with Crippen LogP contribution in [0.25, 0.3) is 0 Å². The van der Waals surface area contributed by atoms with Gasteiger partial charge in [-0.05, 0) is 72.9 Å². The maximum Gasteiger partial charge on any atom is 0.473 e. The van der Waals surface area contributed by atoms with Crippen LogP contribution >= 0.6 is 23.5 Å². The monoisotopic (exact) mass is 655 g/mol. The Bertz CT molecular complexity index is 1350. The number of nitrogens with one attached hydrogen (secondary N) is 4. The molecule has 0 atom stereocenters. The third-order valence-corrected chi connectivity index (χ3v) is 7.98. The second kappa shape index (κ2) is 17.1. The number of carboxylic acid groups (broad SMARTS) is 2. The fourth-order valence-electron chi connectivity index (χ4n) is 3.72. The lowest BCUT2D eigenvalue weighted by Gasteiger charge is -2.09. The van der Waals surface area contributed by atoms with E-state index in [1.165, 1.54) is 0 Å². The lowest BCUT2D eigenvalue weighted by Crippen LogP contribution is -2.31. The molecule has 0 aliphatic carbocycles. The van der Waals surface area contributed by atoms with Crippen LogP contribution in [-0.4, -0.2) is 68.5 Å². The van der Waals surface area contributed by atoms with Gasteiger partial charge in [0, 0.05) is 46.6 Å². The molecule has 0 radical (unpaired) electrons. The van der Waals surface area contributed by atoms with Crippen molar-refractivity contribution in [2.24, 2.45) is 4.99 Å². The summed E-state index contributed by atoms with van der Waals surface area (Å²) in [5.74, 6) is -0.826. The Kier molecular flexibility index (Phi) is 13.3. The van der Waals surface area contributed by atoms with Gasteiger partial charge < -0.3 is 40.6 Å². The molecule has 17 heteroatoms. The van der Waals surface area contributed by atoms with Crippen molar-refractivity contribution >= 4 is 53.0 Å². The van der Waals surface area contributed by atoms with Gasteiger partial charge in [-0.15, -0.1) is 23.5 Å². The van der Waals surface area contributed by atoms with Gasteiger partial charge in [0.2, 0.25) is 5.62 Å². The number of halogens is 3. The summed E-state index contributed by atoms with van der Waals surface area (Å²) in [4.78, 5) is 38.1.